The Kier molecular flexibility index (Phi) is 6.36. The molecule has 2 aromatic carbocycles. The second kappa shape index (κ2) is 8.93. The molecule has 3 amide bonds. The zero-order valence-electron chi connectivity index (χ0n) is 15.2. The number of primary amides is 1. The quantitative estimate of drug-likeness (QED) is 0.793. The summed E-state index contributed by atoms with van der Waals surface area (Å²) in [6.07, 6.45) is 1.42. The van der Waals surface area contributed by atoms with Crippen LogP contribution in [0.2, 0.25) is 5.02 Å². The van der Waals surface area contributed by atoms with Crippen LogP contribution in [0.3, 0.4) is 0 Å². The van der Waals surface area contributed by atoms with Crippen molar-refractivity contribution < 1.29 is 18.7 Å². The van der Waals surface area contributed by atoms with Crippen LogP contribution < -0.4 is 15.8 Å². The molecule has 28 heavy (non-hydrogen) atoms. The molecule has 0 aromatic heterocycles. The minimum Gasteiger partial charge on any atom is -0.487 e. The van der Waals surface area contributed by atoms with E-state index in [4.69, 9.17) is 22.1 Å². The fraction of sp³-hybridized carbons (Fsp3) is 0.300. The molecule has 0 bridgehead atoms. The van der Waals surface area contributed by atoms with E-state index in [9.17, 15) is 14.0 Å². The lowest BCUT2D eigenvalue weighted by molar-refractivity contribution is -0.121. The van der Waals surface area contributed by atoms with Crippen LogP contribution in [0.25, 0.3) is 0 Å². The molecule has 0 saturated carbocycles. The highest BCUT2D eigenvalue weighted by Crippen LogP contribution is 2.29. The third kappa shape index (κ3) is 5.13. The zero-order chi connectivity index (χ0) is 20.1. The van der Waals surface area contributed by atoms with Gasteiger partial charge in [0.2, 0.25) is 5.91 Å². The molecule has 0 unspecified atom stereocenters. The average Bonchev–Trinajstić information content (AvgIpc) is 2.67. The highest BCUT2D eigenvalue weighted by molar-refractivity contribution is 6.32. The fourth-order valence-electron chi connectivity index (χ4n) is 3.12. The van der Waals surface area contributed by atoms with Crippen molar-refractivity contribution in [1.82, 2.24) is 4.90 Å². The number of anilines is 1. The smallest absolute Gasteiger partial charge is 0.314 e. The zero-order valence-corrected chi connectivity index (χ0v) is 15.9. The van der Waals surface area contributed by atoms with Crippen molar-refractivity contribution >= 4 is 29.2 Å². The molecule has 1 heterocycles. The van der Waals surface area contributed by atoms with Crippen LogP contribution >= 0.6 is 11.6 Å². The summed E-state index contributed by atoms with van der Waals surface area (Å²) >= 11 is 6.24. The predicted molar refractivity (Wildman–Crippen MR) is 105 cm³/mol. The van der Waals surface area contributed by atoms with Gasteiger partial charge in [-0.1, -0.05) is 23.7 Å². The summed E-state index contributed by atoms with van der Waals surface area (Å²) in [5, 5.41) is 3.14. The number of likely N-dealkylation sites (tertiary alicyclic amines) is 1. The number of nitrogens with zero attached hydrogens (tertiary/aromatic N) is 1. The van der Waals surface area contributed by atoms with Gasteiger partial charge in [-0.2, -0.15) is 0 Å². The Hall–Kier alpha value is -2.80. The number of nitrogens with one attached hydrogen (secondary N) is 1. The molecule has 148 valence electrons. The Bertz CT molecular complexity index is 878. The van der Waals surface area contributed by atoms with E-state index in [0.717, 1.165) is 6.42 Å². The summed E-state index contributed by atoms with van der Waals surface area (Å²) in [4.78, 5) is 25.3. The maximum absolute atomic E-state index is 13.2. The summed E-state index contributed by atoms with van der Waals surface area (Å²) in [7, 11) is 0. The highest BCUT2D eigenvalue weighted by Gasteiger charge is 2.27. The van der Waals surface area contributed by atoms with Crippen LogP contribution in [-0.4, -0.2) is 29.9 Å². The first-order valence-electron chi connectivity index (χ1n) is 8.94. The largest absolute Gasteiger partial charge is 0.487 e. The fourth-order valence-corrected chi connectivity index (χ4v) is 3.35. The standard InChI is InChI=1S/C20H21ClFN3O3/c21-17-10-16(24-19(26)14-4-2-8-25(11-14)20(23)27)6-7-18(17)28-12-13-3-1-5-15(22)9-13/h1,3,5-7,9-10,14H,2,4,8,11-12H2,(H2,23,27)(H,24,26)/t14-/m1/s1. The van der Waals surface area contributed by atoms with E-state index in [1.54, 1.807) is 30.3 Å². The van der Waals surface area contributed by atoms with Crippen molar-refractivity contribution in [2.75, 3.05) is 18.4 Å². The van der Waals surface area contributed by atoms with Gasteiger partial charge in [-0.05, 0) is 48.7 Å². The Morgan fingerprint density at radius 3 is 2.82 bits per heavy atom. The van der Waals surface area contributed by atoms with Crippen molar-refractivity contribution in [2.45, 2.75) is 19.4 Å². The Morgan fingerprint density at radius 2 is 2.11 bits per heavy atom. The molecule has 1 aliphatic heterocycles. The number of nitrogens with two attached hydrogens (primary N) is 1. The normalized spacial score (nSPS) is 16.5. The van der Waals surface area contributed by atoms with Gasteiger partial charge in [0, 0.05) is 18.8 Å². The third-order valence-electron chi connectivity index (χ3n) is 4.59. The molecule has 2 aromatic rings. The number of hydrogen-bond donors (Lipinski definition) is 2. The van der Waals surface area contributed by atoms with Gasteiger partial charge in [-0.15, -0.1) is 0 Å². The van der Waals surface area contributed by atoms with Crippen LogP contribution in [0.15, 0.2) is 42.5 Å². The monoisotopic (exact) mass is 405 g/mol. The van der Waals surface area contributed by atoms with Gasteiger partial charge in [-0.3, -0.25) is 4.79 Å². The van der Waals surface area contributed by atoms with E-state index in [2.05, 4.69) is 5.32 Å². The lowest BCUT2D eigenvalue weighted by Gasteiger charge is -2.30. The van der Waals surface area contributed by atoms with E-state index >= 15 is 0 Å². The molecule has 1 fully saturated rings. The molecule has 1 saturated heterocycles. The lowest BCUT2D eigenvalue weighted by Crippen LogP contribution is -2.46. The molecule has 1 aliphatic rings. The SMILES string of the molecule is NC(=O)N1CCC[C@@H](C(=O)Nc2ccc(OCc3cccc(F)c3)c(Cl)c2)C1. The second-order valence-electron chi connectivity index (χ2n) is 6.68. The number of ether oxygens (including phenoxy) is 1. The minimum atomic E-state index is -0.514. The summed E-state index contributed by atoms with van der Waals surface area (Å²) in [5.74, 6) is -0.399. The number of amides is 3. The van der Waals surface area contributed by atoms with Crippen molar-refractivity contribution in [3.05, 3.63) is 58.9 Å². The van der Waals surface area contributed by atoms with Gasteiger partial charge in [0.1, 0.15) is 18.2 Å². The third-order valence-corrected chi connectivity index (χ3v) is 4.88. The maximum Gasteiger partial charge on any atom is 0.314 e. The highest BCUT2D eigenvalue weighted by atomic mass is 35.5. The molecular weight excluding hydrogens is 385 g/mol. The van der Waals surface area contributed by atoms with E-state index in [1.165, 1.54) is 17.0 Å². The first-order chi connectivity index (χ1) is 13.4. The molecule has 0 spiro atoms. The van der Waals surface area contributed by atoms with E-state index in [1.807, 2.05) is 0 Å². The summed E-state index contributed by atoms with van der Waals surface area (Å²) in [6, 6.07) is 10.5. The van der Waals surface area contributed by atoms with Crippen molar-refractivity contribution in [3.8, 4) is 5.75 Å². The molecule has 0 radical (unpaired) electrons. The number of rotatable bonds is 5. The molecule has 0 aliphatic carbocycles. The number of carbonyl (C=O) groups excluding carboxylic acids is 2. The molecule has 1 atom stereocenters. The number of hydrogen-bond acceptors (Lipinski definition) is 3. The molecule has 3 rings (SSSR count). The second-order valence-corrected chi connectivity index (χ2v) is 7.08. The minimum absolute atomic E-state index is 0.175. The van der Waals surface area contributed by atoms with Gasteiger partial charge in [0.25, 0.3) is 0 Å². The average molecular weight is 406 g/mol. The lowest BCUT2D eigenvalue weighted by atomic mass is 9.97. The summed E-state index contributed by atoms with van der Waals surface area (Å²) in [6.45, 7) is 1.06. The summed E-state index contributed by atoms with van der Waals surface area (Å²) < 4.78 is 18.8. The van der Waals surface area contributed by atoms with Gasteiger partial charge >= 0.3 is 6.03 Å². The molecule has 6 nitrogen and oxygen atoms in total. The Balaban J connectivity index is 1.59. The van der Waals surface area contributed by atoms with E-state index < -0.39 is 6.03 Å². The molecular formula is C20H21ClFN3O3. The first-order valence-corrected chi connectivity index (χ1v) is 9.32. The van der Waals surface area contributed by atoms with Crippen LogP contribution in [0.5, 0.6) is 5.75 Å². The number of urea groups is 1. The van der Waals surface area contributed by atoms with E-state index in [0.29, 0.717) is 41.5 Å². The van der Waals surface area contributed by atoms with Crippen LogP contribution in [0, 0.1) is 11.7 Å². The van der Waals surface area contributed by atoms with E-state index in [-0.39, 0.29) is 24.2 Å². The summed E-state index contributed by atoms with van der Waals surface area (Å²) in [5.41, 5.74) is 6.52. The van der Waals surface area contributed by atoms with Crippen molar-refractivity contribution in [1.29, 1.82) is 0 Å². The van der Waals surface area contributed by atoms with Crippen molar-refractivity contribution in [3.63, 3.8) is 0 Å². The predicted octanol–water partition coefficient (Wildman–Crippen LogP) is 3.79. The first kappa shape index (κ1) is 19.9. The van der Waals surface area contributed by atoms with Gasteiger partial charge in [-0.25, -0.2) is 9.18 Å². The number of benzene rings is 2. The van der Waals surface area contributed by atoms with Crippen molar-refractivity contribution in [2.24, 2.45) is 11.7 Å². The molecule has 3 N–H and O–H groups in total. The van der Waals surface area contributed by atoms with Gasteiger partial charge < -0.3 is 20.7 Å². The van der Waals surface area contributed by atoms with Crippen LogP contribution in [0.4, 0.5) is 14.9 Å². The number of halogens is 2. The maximum atomic E-state index is 13.2. The molecule has 8 heteroatoms. The Morgan fingerprint density at radius 1 is 1.29 bits per heavy atom. The van der Waals surface area contributed by atoms with Gasteiger partial charge in [0.05, 0.1) is 10.9 Å². The van der Waals surface area contributed by atoms with Crippen LogP contribution in [0.1, 0.15) is 18.4 Å². The topological polar surface area (TPSA) is 84.7 Å². The number of carbonyl (C=O) groups is 2. The van der Waals surface area contributed by atoms with Gasteiger partial charge in [0.15, 0.2) is 0 Å². The Labute approximate surface area is 167 Å². The number of piperidine rings is 1. The van der Waals surface area contributed by atoms with Crippen LogP contribution in [-0.2, 0) is 11.4 Å².